The number of rotatable bonds is 6. The Kier molecular flexibility index (Phi) is 5.25. The van der Waals surface area contributed by atoms with Crippen LogP contribution in [0.2, 0.25) is 0 Å². The van der Waals surface area contributed by atoms with Crippen LogP contribution >= 0.6 is 0 Å². The fourth-order valence-electron chi connectivity index (χ4n) is 3.13. The van der Waals surface area contributed by atoms with E-state index in [-0.39, 0.29) is 5.82 Å². The Hall–Kier alpha value is -2.21. The van der Waals surface area contributed by atoms with Crippen molar-refractivity contribution in [3.05, 3.63) is 42.3 Å². The largest absolute Gasteiger partial charge is 0.355 e. The van der Waals surface area contributed by atoms with Crippen LogP contribution in [0.1, 0.15) is 20.3 Å². The zero-order chi connectivity index (χ0) is 16.9. The summed E-state index contributed by atoms with van der Waals surface area (Å²) in [5, 5.41) is 3.49. The van der Waals surface area contributed by atoms with Crippen LogP contribution in [0, 0.1) is 5.82 Å². The van der Waals surface area contributed by atoms with Gasteiger partial charge in [-0.1, -0.05) is 6.92 Å². The summed E-state index contributed by atoms with van der Waals surface area (Å²) in [6.45, 7) is 7.84. The number of anilines is 3. The second kappa shape index (κ2) is 7.57. The molecule has 5 nitrogen and oxygen atoms in total. The molecule has 0 aliphatic carbocycles. The Morgan fingerprint density at radius 1 is 1.25 bits per heavy atom. The minimum Gasteiger partial charge on any atom is -0.355 e. The average Bonchev–Trinajstić information content (AvgIpc) is 3.07. The third kappa shape index (κ3) is 3.64. The molecule has 0 amide bonds. The maximum absolute atomic E-state index is 13.2. The van der Waals surface area contributed by atoms with Crippen LogP contribution in [0.5, 0.6) is 0 Å². The van der Waals surface area contributed by atoms with E-state index in [9.17, 15) is 4.39 Å². The minimum absolute atomic E-state index is 0.240. The highest BCUT2D eigenvalue weighted by Crippen LogP contribution is 2.25. The van der Waals surface area contributed by atoms with E-state index in [4.69, 9.17) is 4.98 Å². The van der Waals surface area contributed by atoms with Crippen molar-refractivity contribution in [3.8, 4) is 0 Å². The molecule has 1 N–H and O–H groups in total. The standard InChI is InChI=1S/C18H24FN5/c1-3-20-15-10-12-23(13-15)17-9-11-21-18(22-17)24(4-2)16-7-5-14(19)6-8-16/h5-9,11,15,20H,3-4,10,12-13H2,1-2H3/t15-/m0/s1. The van der Waals surface area contributed by atoms with Gasteiger partial charge in [-0.2, -0.15) is 4.98 Å². The second-order valence-corrected chi connectivity index (χ2v) is 5.92. The summed E-state index contributed by atoms with van der Waals surface area (Å²) in [7, 11) is 0. The molecule has 0 unspecified atom stereocenters. The Bertz CT molecular complexity index is 661. The van der Waals surface area contributed by atoms with Crippen LogP contribution in [-0.2, 0) is 0 Å². The van der Waals surface area contributed by atoms with E-state index in [1.54, 1.807) is 18.3 Å². The highest BCUT2D eigenvalue weighted by atomic mass is 19.1. The van der Waals surface area contributed by atoms with Gasteiger partial charge in [0.15, 0.2) is 0 Å². The summed E-state index contributed by atoms with van der Waals surface area (Å²) >= 11 is 0. The third-order valence-corrected chi connectivity index (χ3v) is 4.33. The van der Waals surface area contributed by atoms with Crippen LogP contribution in [0.15, 0.2) is 36.5 Å². The summed E-state index contributed by atoms with van der Waals surface area (Å²) < 4.78 is 13.2. The van der Waals surface area contributed by atoms with Crippen LogP contribution in [0.4, 0.5) is 21.8 Å². The van der Waals surface area contributed by atoms with Gasteiger partial charge in [0.05, 0.1) is 0 Å². The number of hydrogen-bond donors (Lipinski definition) is 1. The SMILES string of the molecule is CCN[C@H]1CCN(c2ccnc(N(CC)c3ccc(F)cc3)n2)C1. The molecule has 1 fully saturated rings. The van der Waals surface area contributed by atoms with Crippen molar-refractivity contribution >= 4 is 17.5 Å². The second-order valence-electron chi connectivity index (χ2n) is 5.92. The fraction of sp³-hybridized carbons (Fsp3) is 0.444. The average molecular weight is 329 g/mol. The highest BCUT2D eigenvalue weighted by Gasteiger charge is 2.23. The monoisotopic (exact) mass is 329 g/mol. The normalized spacial score (nSPS) is 17.3. The molecular weight excluding hydrogens is 305 g/mol. The molecule has 0 radical (unpaired) electrons. The molecule has 2 aromatic rings. The lowest BCUT2D eigenvalue weighted by Gasteiger charge is -2.23. The summed E-state index contributed by atoms with van der Waals surface area (Å²) in [6, 6.07) is 8.91. The number of likely N-dealkylation sites (N-methyl/N-ethyl adjacent to an activating group) is 1. The third-order valence-electron chi connectivity index (χ3n) is 4.33. The summed E-state index contributed by atoms with van der Waals surface area (Å²) in [4.78, 5) is 13.4. The molecule has 6 heteroatoms. The molecule has 2 heterocycles. The quantitative estimate of drug-likeness (QED) is 0.883. The van der Waals surface area contributed by atoms with Gasteiger partial charge in [-0.05, 0) is 50.2 Å². The first-order valence-electron chi connectivity index (χ1n) is 8.55. The zero-order valence-electron chi connectivity index (χ0n) is 14.2. The lowest BCUT2D eigenvalue weighted by Crippen LogP contribution is -2.32. The van der Waals surface area contributed by atoms with Gasteiger partial charge < -0.3 is 15.1 Å². The van der Waals surface area contributed by atoms with Gasteiger partial charge in [0, 0.05) is 37.6 Å². The molecule has 1 aromatic carbocycles. The van der Waals surface area contributed by atoms with Crippen molar-refractivity contribution < 1.29 is 4.39 Å². The summed E-state index contributed by atoms with van der Waals surface area (Å²) in [5.41, 5.74) is 0.892. The predicted octanol–water partition coefficient (Wildman–Crippen LogP) is 2.96. The van der Waals surface area contributed by atoms with Crippen molar-refractivity contribution in [2.45, 2.75) is 26.3 Å². The van der Waals surface area contributed by atoms with Gasteiger partial charge in [-0.25, -0.2) is 9.37 Å². The van der Waals surface area contributed by atoms with Gasteiger partial charge in [-0.3, -0.25) is 0 Å². The Balaban J connectivity index is 1.80. The summed E-state index contributed by atoms with van der Waals surface area (Å²) in [5.74, 6) is 1.35. The van der Waals surface area contributed by atoms with E-state index in [2.05, 4.69) is 22.1 Å². The van der Waals surface area contributed by atoms with Crippen molar-refractivity contribution in [2.75, 3.05) is 36.0 Å². The molecule has 1 saturated heterocycles. The minimum atomic E-state index is -0.240. The Labute approximate surface area is 142 Å². The predicted molar refractivity (Wildman–Crippen MR) is 95.4 cm³/mol. The molecule has 1 aliphatic rings. The van der Waals surface area contributed by atoms with E-state index >= 15 is 0 Å². The number of hydrogen-bond acceptors (Lipinski definition) is 5. The van der Waals surface area contributed by atoms with E-state index in [1.807, 2.05) is 17.9 Å². The van der Waals surface area contributed by atoms with Gasteiger partial charge in [0.25, 0.3) is 0 Å². The fourth-order valence-corrected chi connectivity index (χ4v) is 3.13. The molecule has 128 valence electrons. The number of benzene rings is 1. The first-order valence-corrected chi connectivity index (χ1v) is 8.55. The van der Waals surface area contributed by atoms with Crippen LogP contribution < -0.4 is 15.1 Å². The maximum atomic E-state index is 13.2. The molecule has 1 aromatic heterocycles. The van der Waals surface area contributed by atoms with Gasteiger partial charge in [-0.15, -0.1) is 0 Å². The van der Waals surface area contributed by atoms with E-state index in [0.717, 1.165) is 44.1 Å². The number of aromatic nitrogens is 2. The van der Waals surface area contributed by atoms with Crippen LogP contribution in [-0.4, -0.2) is 42.2 Å². The van der Waals surface area contributed by atoms with Gasteiger partial charge in [0.2, 0.25) is 5.95 Å². The maximum Gasteiger partial charge on any atom is 0.231 e. The summed E-state index contributed by atoms with van der Waals surface area (Å²) in [6.07, 6.45) is 2.92. The van der Waals surface area contributed by atoms with Crippen LogP contribution in [0.25, 0.3) is 0 Å². The molecule has 1 aliphatic heterocycles. The molecule has 0 bridgehead atoms. The molecule has 0 spiro atoms. The van der Waals surface area contributed by atoms with E-state index < -0.39 is 0 Å². The van der Waals surface area contributed by atoms with Crippen LogP contribution in [0.3, 0.4) is 0 Å². The molecule has 0 saturated carbocycles. The van der Waals surface area contributed by atoms with Crippen molar-refractivity contribution in [3.63, 3.8) is 0 Å². The van der Waals surface area contributed by atoms with Crippen molar-refractivity contribution in [2.24, 2.45) is 0 Å². The highest BCUT2D eigenvalue weighted by molar-refractivity contribution is 5.58. The smallest absolute Gasteiger partial charge is 0.231 e. The van der Waals surface area contributed by atoms with E-state index in [0.29, 0.717) is 12.0 Å². The Morgan fingerprint density at radius 2 is 2.04 bits per heavy atom. The van der Waals surface area contributed by atoms with Crippen molar-refractivity contribution in [1.82, 2.24) is 15.3 Å². The first kappa shape index (κ1) is 16.6. The number of halogens is 1. The molecular formula is C18H24FN5. The van der Waals surface area contributed by atoms with E-state index in [1.165, 1.54) is 12.1 Å². The molecule has 3 rings (SSSR count). The lowest BCUT2D eigenvalue weighted by molar-refractivity contribution is 0.571. The zero-order valence-corrected chi connectivity index (χ0v) is 14.2. The van der Waals surface area contributed by atoms with Gasteiger partial charge >= 0.3 is 0 Å². The topological polar surface area (TPSA) is 44.3 Å². The number of nitrogens with zero attached hydrogens (tertiary/aromatic N) is 4. The first-order chi connectivity index (χ1) is 11.7. The van der Waals surface area contributed by atoms with Crippen molar-refractivity contribution in [1.29, 1.82) is 0 Å². The number of nitrogens with one attached hydrogen (secondary N) is 1. The Morgan fingerprint density at radius 3 is 2.75 bits per heavy atom. The molecule has 1 atom stereocenters. The lowest BCUT2D eigenvalue weighted by atomic mass is 10.3. The molecule has 24 heavy (non-hydrogen) atoms. The van der Waals surface area contributed by atoms with Gasteiger partial charge in [0.1, 0.15) is 11.6 Å².